The van der Waals surface area contributed by atoms with Crippen molar-refractivity contribution >= 4 is 28.0 Å². The van der Waals surface area contributed by atoms with Crippen LogP contribution in [0.1, 0.15) is 45.4 Å². The van der Waals surface area contributed by atoms with Crippen LogP contribution in [0.15, 0.2) is 36.8 Å². The summed E-state index contributed by atoms with van der Waals surface area (Å²) in [5.74, 6) is 0.791. The van der Waals surface area contributed by atoms with Gasteiger partial charge in [0.05, 0.1) is 22.5 Å². The SMILES string of the molecule is CCN1CCN(c2ccc(Nc3ncc(-c4ccnc(OC5CCC6(CC5)CC6)n4)s3)nc2)CC1. The Kier molecular flexibility index (Phi) is 6.28. The standard InChI is InChI=1S/C26H33N7OS/c1-2-32-13-15-33(16-14-32)19-3-4-23(28-17-19)31-25-29-18-22(35-25)21-7-12-27-24(30-21)34-20-5-8-26(9-6-20)10-11-26/h3-4,7,12,17-18,20H,2,5-6,8-11,13-16H2,1H3,(H,28,29,31). The lowest BCUT2D eigenvalue weighted by molar-refractivity contribution is 0.114. The van der Waals surface area contributed by atoms with Crippen molar-refractivity contribution in [3.05, 3.63) is 36.8 Å². The third-order valence-corrected chi connectivity index (χ3v) is 8.72. The van der Waals surface area contributed by atoms with E-state index in [0.717, 1.165) is 67.1 Å². The van der Waals surface area contributed by atoms with Gasteiger partial charge in [-0.2, -0.15) is 4.98 Å². The van der Waals surface area contributed by atoms with Gasteiger partial charge in [0.15, 0.2) is 5.13 Å². The van der Waals surface area contributed by atoms with Crippen molar-refractivity contribution in [1.29, 1.82) is 0 Å². The molecule has 1 N–H and O–H groups in total. The number of hydrogen-bond acceptors (Lipinski definition) is 9. The summed E-state index contributed by atoms with van der Waals surface area (Å²) in [6, 6.07) is 6.54. The molecule has 184 valence electrons. The number of rotatable bonds is 7. The fraction of sp³-hybridized carbons (Fsp3) is 0.538. The smallest absolute Gasteiger partial charge is 0.317 e. The zero-order valence-electron chi connectivity index (χ0n) is 20.3. The fourth-order valence-corrected chi connectivity index (χ4v) is 6.00. The van der Waals surface area contributed by atoms with E-state index < -0.39 is 0 Å². The summed E-state index contributed by atoms with van der Waals surface area (Å²) in [6.45, 7) is 7.65. The summed E-state index contributed by atoms with van der Waals surface area (Å²) in [5.41, 5.74) is 2.67. The molecule has 0 bridgehead atoms. The first-order chi connectivity index (χ1) is 17.2. The molecule has 3 fully saturated rings. The van der Waals surface area contributed by atoms with Crippen molar-refractivity contribution in [3.63, 3.8) is 0 Å². The summed E-state index contributed by atoms with van der Waals surface area (Å²) in [4.78, 5) is 24.0. The lowest BCUT2D eigenvalue weighted by Crippen LogP contribution is -2.46. The van der Waals surface area contributed by atoms with Gasteiger partial charge in [-0.05, 0) is 68.7 Å². The van der Waals surface area contributed by atoms with Gasteiger partial charge in [0.2, 0.25) is 0 Å². The zero-order chi connectivity index (χ0) is 23.7. The van der Waals surface area contributed by atoms with Crippen LogP contribution in [0.4, 0.5) is 16.6 Å². The van der Waals surface area contributed by atoms with Gasteiger partial charge in [0, 0.05) is 38.6 Å². The second-order valence-corrected chi connectivity index (χ2v) is 11.0. The third-order valence-electron chi connectivity index (χ3n) is 7.78. The summed E-state index contributed by atoms with van der Waals surface area (Å²) in [5, 5.41) is 4.12. The average Bonchev–Trinajstić information content (AvgIpc) is 3.50. The summed E-state index contributed by atoms with van der Waals surface area (Å²) >= 11 is 1.55. The largest absolute Gasteiger partial charge is 0.460 e. The van der Waals surface area contributed by atoms with E-state index in [0.29, 0.717) is 11.4 Å². The van der Waals surface area contributed by atoms with Gasteiger partial charge in [0.1, 0.15) is 11.9 Å². The molecule has 0 atom stereocenters. The Morgan fingerprint density at radius 1 is 1.00 bits per heavy atom. The van der Waals surface area contributed by atoms with Gasteiger partial charge >= 0.3 is 6.01 Å². The van der Waals surface area contributed by atoms with Crippen molar-refractivity contribution in [2.75, 3.05) is 42.9 Å². The molecule has 3 aliphatic rings. The van der Waals surface area contributed by atoms with Gasteiger partial charge in [-0.1, -0.05) is 18.3 Å². The molecule has 3 aromatic rings. The monoisotopic (exact) mass is 491 g/mol. The van der Waals surface area contributed by atoms with Crippen LogP contribution in [-0.2, 0) is 0 Å². The molecule has 1 aliphatic heterocycles. The number of anilines is 3. The van der Waals surface area contributed by atoms with Crippen molar-refractivity contribution in [2.45, 2.75) is 51.6 Å². The molecule has 4 heterocycles. The fourth-order valence-electron chi connectivity index (χ4n) is 5.21. The lowest BCUT2D eigenvalue weighted by atomic mass is 9.85. The molecule has 2 saturated carbocycles. The molecule has 1 saturated heterocycles. The van der Waals surface area contributed by atoms with Crippen LogP contribution in [0.3, 0.4) is 0 Å². The van der Waals surface area contributed by atoms with E-state index in [1.54, 1.807) is 17.5 Å². The Morgan fingerprint density at radius 2 is 1.83 bits per heavy atom. The number of pyridine rings is 1. The predicted molar refractivity (Wildman–Crippen MR) is 140 cm³/mol. The van der Waals surface area contributed by atoms with Crippen LogP contribution in [0.2, 0.25) is 0 Å². The van der Waals surface area contributed by atoms with E-state index in [1.165, 1.54) is 31.4 Å². The Morgan fingerprint density at radius 3 is 2.54 bits per heavy atom. The maximum Gasteiger partial charge on any atom is 0.317 e. The minimum Gasteiger partial charge on any atom is -0.460 e. The Labute approximate surface area is 210 Å². The molecule has 1 spiro atoms. The number of piperazine rings is 1. The molecule has 6 rings (SSSR count). The van der Waals surface area contributed by atoms with Gasteiger partial charge < -0.3 is 19.9 Å². The highest BCUT2D eigenvalue weighted by Gasteiger charge is 2.45. The lowest BCUT2D eigenvalue weighted by Gasteiger charge is -2.35. The van der Waals surface area contributed by atoms with Crippen molar-refractivity contribution in [1.82, 2.24) is 24.8 Å². The van der Waals surface area contributed by atoms with Crippen LogP contribution in [0.25, 0.3) is 10.6 Å². The first-order valence-electron chi connectivity index (χ1n) is 12.8. The first kappa shape index (κ1) is 22.7. The number of aromatic nitrogens is 4. The van der Waals surface area contributed by atoms with E-state index in [9.17, 15) is 0 Å². The minimum absolute atomic E-state index is 0.236. The second-order valence-electron chi connectivity index (χ2n) is 10.0. The van der Waals surface area contributed by atoms with Gasteiger partial charge in [-0.25, -0.2) is 15.0 Å². The number of hydrogen-bond donors (Lipinski definition) is 1. The number of likely N-dealkylation sites (N-methyl/N-ethyl adjacent to an activating group) is 1. The van der Waals surface area contributed by atoms with Crippen molar-refractivity contribution in [2.24, 2.45) is 5.41 Å². The molecular weight excluding hydrogens is 458 g/mol. The molecule has 0 aromatic carbocycles. The highest BCUT2D eigenvalue weighted by atomic mass is 32.1. The Balaban J connectivity index is 1.06. The Hall–Kier alpha value is -2.78. The Bertz CT molecular complexity index is 1130. The molecule has 0 radical (unpaired) electrons. The highest BCUT2D eigenvalue weighted by Crippen LogP contribution is 2.56. The zero-order valence-corrected chi connectivity index (χ0v) is 21.1. The van der Waals surface area contributed by atoms with Crippen LogP contribution in [-0.4, -0.2) is 63.7 Å². The maximum absolute atomic E-state index is 6.14. The summed E-state index contributed by atoms with van der Waals surface area (Å²) in [6.07, 6.45) is 13.4. The van der Waals surface area contributed by atoms with E-state index in [1.807, 2.05) is 24.5 Å². The molecular formula is C26H33N7OS. The van der Waals surface area contributed by atoms with Gasteiger partial charge in [-0.15, -0.1) is 0 Å². The second kappa shape index (κ2) is 9.70. The topological polar surface area (TPSA) is 79.3 Å². The van der Waals surface area contributed by atoms with Crippen LogP contribution < -0.4 is 15.0 Å². The molecule has 9 heteroatoms. The molecule has 35 heavy (non-hydrogen) atoms. The van der Waals surface area contributed by atoms with E-state index in [4.69, 9.17) is 4.74 Å². The molecule has 8 nitrogen and oxygen atoms in total. The third kappa shape index (κ3) is 5.26. The predicted octanol–water partition coefficient (Wildman–Crippen LogP) is 4.98. The minimum atomic E-state index is 0.236. The average molecular weight is 492 g/mol. The molecule has 0 amide bonds. The highest BCUT2D eigenvalue weighted by molar-refractivity contribution is 7.18. The van der Waals surface area contributed by atoms with Crippen LogP contribution >= 0.6 is 11.3 Å². The van der Waals surface area contributed by atoms with Crippen LogP contribution in [0.5, 0.6) is 6.01 Å². The first-order valence-corrected chi connectivity index (χ1v) is 13.7. The number of ether oxygens (including phenoxy) is 1. The van der Waals surface area contributed by atoms with Gasteiger partial charge in [-0.3, -0.25) is 0 Å². The quantitative estimate of drug-likeness (QED) is 0.496. The van der Waals surface area contributed by atoms with E-state index in [-0.39, 0.29) is 6.10 Å². The number of thiazole rings is 1. The summed E-state index contributed by atoms with van der Waals surface area (Å²) < 4.78 is 6.14. The number of nitrogens with zero attached hydrogens (tertiary/aromatic N) is 6. The van der Waals surface area contributed by atoms with E-state index >= 15 is 0 Å². The van der Waals surface area contributed by atoms with Crippen molar-refractivity contribution < 1.29 is 4.74 Å². The molecule has 0 unspecified atom stereocenters. The molecule has 3 aromatic heterocycles. The van der Waals surface area contributed by atoms with Crippen LogP contribution in [0, 0.1) is 5.41 Å². The summed E-state index contributed by atoms with van der Waals surface area (Å²) in [7, 11) is 0. The number of nitrogens with one attached hydrogen (secondary N) is 1. The maximum atomic E-state index is 6.14. The normalized spacial score (nSPS) is 20.2. The van der Waals surface area contributed by atoms with Crippen molar-refractivity contribution in [3.8, 4) is 16.6 Å². The van der Waals surface area contributed by atoms with Gasteiger partial charge in [0.25, 0.3) is 0 Å². The van der Waals surface area contributed by atoms with E-state index in [2.05, 4.69) is 48.0 Å². The molecule has 2 aliphatic carbocycles.